The standard InChI is InChI=1S/C17H15N3O2/c1-2-14(21)13-10-18-16-15(13)17(20-11-19-16)22-9-8-12-6-4-3-5-7-12/h2-7,10-11H,1,8-9H2,(H,18,19,20). The lowest BCUT2D eigenvalue weighted by Crippen LogP contribution is -2.04. The monoisotopic (exact) mass is 293 g/mol. The Morgan fingerprint density at radius 1 is 1.27 bits per heavy atom. The van der Waals surface area contributed by atoms with Crippen molar-refractivity contribution in [1.82, 2.24) is 15.0 Å². The van der Waals surface area contributed by atoms with Crippen molar-refractivity contribution in [3.63, 3.8) is 0 Å². The van der Waals surface area contributed by atoms with E-state index in [4.69, 9.17) is 4.74 Å². The number of hydrogen-bond donors (Lipinski definition) is 1. The summed E-state index contributed by atoms with van der Waals surface area (Å²) in [7, 11) is 0. The van der Waals surface area contributed by atoms with E-state index < -0.39 is 0 Å². The third kappa shape index (κ3) is 2.74. The van der Waals surface area contributed by atoms with Crippen LogP contribution in [0.3, 0.4) is 0 Å². The Bertz CT molecular complexity index is 809. The Morgan fingerprint density at radius 3 is 2.86 bits per heavy atom. The molecule has 1 N–H and O–H groups in total. The van der Waals surface area contributed by atoms with Crippen molar-refractivity contribution in [2.75, 3.05) is 6.61 Å². The van der Waals surface area contributed by atoms with Crippen LogP contribution < -0.4 is 4.74 Å². The van der Waals surface area contributed by atoms with Crippen LogP contribution in [-0.2, 0) is 6.42 Å². The number of H-pyrrole nitrogens is 1. The summed E-state index contributed by atoms with van der Waals surface area (Å²) in [5, 5.41) is 0.598. The first kappa shape index (κ1) is 14.0. The van der Waals surface area contributed by atoms with Crippen LogP contribution in [0.2, 0.25) is 0 Å². The second-order valence-corrected chi connectivity index (χ2v) is 4.76. The van der Waals surface area contributed by atoms with E-state index in [1.807, 2.05) is 30.3 Å². The molecule has 0 bridgehead atoms. The smallest absolute Gasteiger partial charge is 0.226 e. The molecule has 2 heterocycles. The number of allylic oxidation sites excluding steroid dienone is 1. The molecule has 0 spiro atoms. The molecule has 0 atom stereocenters. The Hall–Kier alpha value is -2.95. The number of benzene rings is 1. The average molecular weight is 293 g/mol. The van der Waals surface area contributed by atoms with Gasteiger partial charge in [-0.15, -0.1) is 0 Å². The number of nitrogens with one attached hydrogen (secondary N) is 1. The molecule has 0 amide bonds. The first-order chi connectivity index (χ1) is 10.8. The molecule has 110 valence electrons. The number of fused-ring (bicyclic) bond motifs is 1. The third-order valence-electron chi connectivity index (χ3n) is 3.36. The van der Waals surface area contributed by atoms with Gasteiger partial charge in [-0.2, -0.15) is 0 Å². The van der Waals surface area contributed by atoms with E-state index in [2.05, 4.69) is 21.5 Å². The number of nitrogens with zero attached hydrogens (tertiary/aromatic N) is 2. The summed E-state index contributed by atoms with van der Waals surface area (Å²) in [4.78, 5) is 23.1. The van der Waals surface area contributed by atoms with Gasteiger partial charge in [0.1, 0.15) is 12.0 Å². The SMILES string of the molecule is C=CC(=O)c1c[nH]c2ncnc(OCCc3ccccc3)c12. The van der Waals surface area contributed by atoms with Gasteiger partial charge >= 0.3 is 0 Å². The number of ether oxygens (including phenoxy) is 1. The van der Waals surface area contributed by atoms with Gasteiger partial charge in [-0.25, -0.2) is 9.97 Å². The topological polar surface area (TPSA) is 67.9 Å². The summed E-state index contributed by atoms with van der Waals surface area (Å²) in [6.45, 7) is 3.99. The molecule has 3 rings (SSSR count). The van der Waals surface area contributed by atoms with Crippen molar-refractivity contribution in [3.8, 4) is 5.88 Å². The van der Waals surface area contributed by atoms with Gasteiger partial charge in [0.15, 0.2) is 5.78 Å². The third-order valence-corrected chi connectivity index (χ3v) is 3.36. The molecule has 0 aliphatic carbocycles. The second kappa shape index (κ2) is 6.22. The predicted molar refractivity (Wildman–Crippen MR) is 84.1 cm³/mol. The molecule has 0 aliphatic heterocycles. The van der Waals surface area contributed by atoms with Crippen LogP contribution in [0.4, 0.5) is 0 Å². The zero-order valence-corrected chi connectivity index (χ0v) is 12.0. The molecule has 5 heteroatoms. The van der Waals surface area contributed by atoms with E-state index >= 15 is 0 Å². The second-order valence-electron chi connectivity index (χ2n) is 4.76. The van der Waals surface area contributed by atoms with Crippen molar-refractivity contribution in [2.45, 2.75) is 6.42 Å². The molecule has 22 heavy (non-hydrogen) atoms. The lowest BCUT2D eigenvalue weighted by atomic mass is 10.1. The number of carbonyl (C=O) groups excluding carboxylic acids is 1. The van der Waals surface area contributed by atoms with E-state index in [1.165, 1.54) is 18.0 Å². The minimum atomic E-state index is -0.186. The summed E-state index contributed by atoms with van der Waals surface area (Å²) in [6.07, 6.45) is 5.05. The van der Waals surface area contributed by atoms with Gasteiger partial charge in [0.2, 0.25) is 5.88 Å². The normalized spacial score (nSPS) is 10.5. The Balaban J connectivity index is 1.82. The van der Waals surface area contributed by atoms with Gasteiger partial charge in [0.05, 0.1) is 17.6 Å². The molecule has 0 saturated carbocycles. The highest BCUT2D eigenvalue weighted by Crippen LogP contribution is 2.25. The number of aromatic amines is 1. The van der Waals surface area contributed by atoms with Crippen molar-refractivity contribution < 1.29 is 9.53 Å². The maximum atomic E-state index is 11.9. The summed E-state index contributed by atoms with van der Waals surface area (Å²) < 4.78 is 5.76. The Labute approximate surface area is 127 Å². The average Bonchev–Trinajstić information content (AvgIpc) is 3.00. The molecule has 2 aromatic heterocycles. The zero-order valence-electron chi connectivity index (χ0n) is 12.0. The fourth-order valence-corrected chi connectivity index (χ4v) is 2.26. The lowest BCUT2D eigenvalue weighted by molar-refractivity contribution is 0.104. The molecule has 0 aliphatic rings. The summed E-state index contributed by atoms with van der Waals surface area (Å²) >= 11 is 0. The van der Waals surface area contributed by atoms with Gasteiger partial charge in [0, 0.05) is 12.6 Å². The quantitative estimate of drug-likeness (QED) is 0.560. The molecule has 0 radical (unpaired) electrons. The van der Waals surface area contributed by atoms with Crippen LogP contribution in [0.25, 0.3) is 11.0 Å². The zero-order chi connectivity index (χ0) is 15.4. The number of aromatic nitrogens is 3. The van der Waals surface area contributed by atoms with E-state index in [-0.39, 0.29) is 5.78 Å². The summed E-state index contributed by atoms with van der Waals surface area (Å²) in [6, 6.07) is 10.0. The number of rotatable bonds is 6. The van der Waals surface area contributed by atoms with Crippen LogP contribution in [0.15, 0.2) is 55.5 Å². The molecule has 5 nitrogen and oxygen atoms in total. The van der Waals surface area contributed by atoms with Crippen LogP contribution in [-0.4, -0.2) is 27.3 Å². The van der Waals surface area contributed by atoms with Gasteiger partial charge in [-0.1, -0.05) is 36.9 Å². The predicted octanol–water partition coefficient (Wildman–Crippen LogP) is 2.95. The van der Waals surface area contributed by atoms with Gasteiger partial charge in [-0.3, -0.25) is 4.79 Å². The molecule has 1 aromatic carbocycles. The molecule has 3 aromatic rings. The number of carbonyl (C=O) groups is 1. The van der Waals surface area contributed by atoms with Crippen molar-refractivity contribution in [2.24, 2.45) is 0 Å². The minimum Gasteiger partial charge on any atom is -0.477 e. The maximum Gasteiger partial charge on any atom is 0.226 e. The highest BCUT2D eigenvalue weighted by Gasteiger charge is 2.15. The van der Waals surface area contributed by atoms with E-state index in [1.54, 1.807) is 6.20 Å². The fraction of sp³-hybridized carbons (Fsp3) is 0.118. The largest absolute Gasteiger partial charge is 0.477 e. The van der Waals surface area contributed by atoms with Crippen LogP contribution in [0.1, 0.15) is 15.9 Å². The van der Waals surface area contributed by atoms with E-state index in [0.717, 1.165) is 6.42 Å². The molecular formula is C17H15N3O2. The first-order valence-electron chi connectivity index (χ1n) is 6.95. The minimum absolute atomic E-state index is 0.186. The highest BCUT2D eigenvalue weighted by molar-refractivity contribution is 6.13. The van der Waals surface area contributed by atoms with E-state index in [0.29, 0.717) is 29.1 Å². The van der Waals surface area contributed by atoms with Gasteiger partial charge < -0.3 is 9.72 Å². The molecular weight excluding hydrogens is 278 g/mol. The van der Waals surface area contributed by atoms with Crippen LogP contribution in [0.5, 0.6) is 5.88 Å². The molecule has 0 saturated heterocycles. The van der Waals surface area contributed by atoms with Crippen LogP contribution >= 0.6 is 0 Å². The Morgan fingerprint density at radius 2 is 2.09 bits per heavy atom. The number of ketones is 1. The van der Waals surface area contributed by atoms with E-state index in [9.17, 15) is 4.79 Å². The summed E-state index contributed by atoms with van der Waals surface area (Å²) in [5.41, 5.74) is 2.24. The lowest BCUT2D eigenvalue weighted by Gasteiger charge is -2.07. The Kier molecular flexibility index (Phi) is 3.96. The van der Waals surface area contributed by atoms with Crippen LogP contribution in [0, 0.1) is 0 Å². The highest BCUT2D eigenvalue weighted by atomic mass is 16.5. The summed E-state index contributed by atoms with van der Waals surface area (Å²) in [5.74, 6) is 0.223. The number of hydrogen-bond acceptors (Lipinski definition) is 4. The van der Waals surface area contributed by atoms with Crippen molar-refractivity contribution in [3.05, 3.63) is 66.6 Å². The maximum absolute atomic E-state index is 11.9. The molecule has 0 fully saturated rings. The van der Waals surface area contributed by atoms with Crippen molar-refractivity contribution in [1.29, 1.82) is 0 Å². The van der Waals surface area contributed by atoms with Gasteiger partial charge in [0.25, 0.3) is 0 Å². The first-order valence-corrected chi connectivity index (χ1v) is 6.95. The molecule has 0 unspecified atom stereocenters. The van der Waals surface area contributed by atoms with Crippen molar-refractivity contribution >= 4 is 16.8 Å². The van der Waals surface area contributed by atoms with Gasteiger partial charge in [-0.05, 0) is 11.6 Å². The fourth-order valence-electron chi connectivity index (χ4n) is 2.26.